The lowest BCUT2D eigenvalue weighted by atomic mass is 9.96. The van der Waals surface area contributed by atoms with Crippen molar-refractivity contribution < 1.29 is 14.4 Å². The molecule has 1 heterocycles. The molecule has 1 saturated heterocycles. The van der Waals surface area contributed by atoms with Gasteiger partial charge in [-0.3, -0.25) is 14.5 Å². The Labute approximate surface area is 147 Å². The van der Waals surface area contributed by atoms with Gasteiger partial charge in [-0.15, -0.1) is 0 Å². The van der Waals surface area contributed by atoms with Crippen LogP contribution >= 0.6 is 0 Å². The highest BCUT2D eigenvalue weighted by molar-refractivity contribution is 6.09. The maximum Gasteiger partial charge on any atom is 0.325 e. The van der Waals surface area contributed by atoms with E-state index in [-0.39, 0.29) is 24.3 Å². The molecule has 1 saturated carbocycles. The van der Waals surface area contributed by atoms with Crippen LogP contribution < -0.4 is 15.5 Å². The predicted molar refractivity (Wildman–Crippen MR) is 94.0 cm³/mol. The van der Waals surface area contributed by atoms with Gasteiger partial charge in [0.05, 0.1) is 0 Å². The summed E-state index contributed by atoms with van der Waals surface area (Å²) in [7, 11) is 3.93. The molecule has 1 aliphatic heterocycles. The first-order valence-corrected chi connectivity index (χ1v) is 8.48. The molecule has 0 bridgehead atoms. The van der Waals surface area contributed by atoms with E-state index in [0.29, 0.717) is 6.54 Å². The molecule has 1 atom stereocenters. The zero-order valence-corrected chi connectivity index (χ0v) is 14.8. The number of nitrogens with zero attached hydrogens (tertiary/aromatic N) is 2. The van der Waals surface area contributed by atoms with E-state index >= 15 is 0 Å². The lowest BCUT2D eigenvalue weighted by Gasteiger charge is -2.20. The quantitative estimate of drug-likeness (QED) is 0.757. The van der Waals surface area contributed by atoms with E-state index in [2.05, 4.69) is 10.6 Å². The van der Waals surface area contributed by atoms with Crippen LogP contribution in [0.15, 0.2) is 24.3 Å². The number of urea groups is 1. The minimum absolute atomic E-state index is 0.187. The number of carbonyl (C=O) groups is 3. The summed E-state index contributed by atoms with van der Waals surface area (Å²) in [5.41, 5.74) is 1.19. The third-order valence-electron chi connectivity index (χ3n) is 4.94. The number of hydrogen-bond acceptors (Lipinski definition) is 4. The topological polar surface area (TPSA) is 81.8 Å². The van der Waals surface area contributed by atoms with E-state index < -0.39 is 11.6 Å². The molecule has 0 unspecified atom stereocenters. The summed E-state index contributed by atoms with van der Waals surface area (Å²) in [4.78, 5) is 39.7. The molecule has 0 aromatic heterocycles. The molecule has 134 valence electrons. The van der Waals surface area contributed by atoms with Crippen molar-refractivity contribution in [1.29, 1.82) is 0 Å². The van der Waals surface area contributed by atoms with Gasteiger partial charge >= 0.3 is 6.03 Å². The lowest BCUT2D eigenvalue weighted by molar-refractivity contribution is -0.135. The SMILES string of the molecule is CN(C)c1ccc(CNC(=O)CN2C(=O)N[C@@](C)(C3CC3)C2=O)cc1. The second-order valence-corrected chi connectivity index (χ2v) is 7.14. The fourth-order valence-corrected chi connectivity index (χ4v) is 3.11. The van der Waals surface area contributed by atoms with E-state index in [0.717, 1.165) is 29.0 Å². The van der Waals surface area contributed by atoms with Crippen molar-refractivity contribution in [2.24, 2.45) is 5.92 Å². The van der Waals surface area contributed by atoms with Crippen LogP contribution in [0.5, 0.6) is 0 Å². The van der Waals surface area contributed by atoms with Crippen molar-refractivity contribution in [2.75, 3.05) is 25.5 Å². The smallest absolute Gasteiger partial charge is 0.325 e. The number of imide groups is 1. The molecule has 2 fully saturated rings. The van der Waals surface area contributed by atoms with Crippen LogP contribution in [0.25, 0.3) is 0 Å². The summed E-state index contributed by atoms with van der Waals surface area (Å²) in [5, 5.41) is 5.50. The zero-order valence-electron chi connectivity index (χ0n) is 14.8. The molecule has 0 spiro atoms. The number of amides is 4. The average Bonchev–Trinajstić information content (AvgIpc) is 3.39. The van der Waals surface area contributed by atoms with Crippen LogP contribution in [0.2, 0.25) is 0 Å². The van der Waals surface area contributed by atoms with Gasteiger partial charge in [-0.2, -0.15) is 0 Å². The third kappa shape index (κ3) is 3.45. The van der Waals surface area contributed by atoms with Gasteiger partial charge in [-0.05, 0) is 43.4 Å². The van der Waals surface area contributed by atoms with E-state index in [1.165, 1.54) is 0 Å². The zero-order chi connectivity index (χ0) is 18.2. The van der Waals surface area contributed by atoms with Gasteiger partial charge in [0.2, 0.25) is 5.91 Å². The molecular formula is C18H24N4O3. The third-order valence-corrected chi connectivity index (χ3v) is 4.94. The van der Waals surface area contributed by atoms with E-state index in [4.69, 9.17) is 0 Å². The summed E-state index contributed by atoms with van der Waals surface area (Å²) >= 11 is 0. The second-order valence-electron chi connectivity index (χ2n) is 7.14. The Morgan fingerprint density at radius 1 is 1.28 bits per heavy atom. The fraction of sp³-hybridized carbons (Fsp3) is 0.500. The summed E-state index contributed by atoms with van der Waals surface area (Å²) in [6.45, 7) is 1.86. The first-order valence-electron chi connectivity index (χ1n) is 8.48. The molecule has 7 heteroatoms. The summed E-state index contributed by atoms with van der Waals surface area (Å²) in [6, 6.07) is 7.34. The molecule has 25 heavy (non-hydrogen) atoms. The van der Waals surface area contributed by atoms with E-state index in [9.17, 15) is 14.4 Å². The summed E-state index contributed by atoms with van der Waals surface area (Å²) in [6.07, 6.45) is 1.87. The maximum absolute atomic E-state index is 12.5. The standard InChI is InChI=1S/C18H24N4O3/c1-18(13-6-7-13)16(24)22(17(25)20-18)11-15(23)19-10-12-4-8-14(9-5-12)21(2)3/h4-5,8-9,13H,6-7,10-11H2,1-3H3,(H,19,23)(H,20,25)/t18-/m0/s1. The molecule has 4 amide bonds. The fourth-order valence-electron chi connectivity index (χ4n) is 3.11. The average molecular weight is 344 g/mol. The van der Waals surface area contributed by atoms with Crippen LogP contribution in [0, 0.1) is 5.92 Å². The molecule has 7 nitrogen and oxygen atoms in total. The molecule has 1 aromatic rings. The van der Waals surface area contributed by atoms with Crippen LogP contribution in [-0.2, 0) is 16.1 Å². The first kappa shape index (κ1) is 17.3. The Balaban J connectivity index is 1.54. The van der Waals surface area contributed by atoms with Crippen LogP contribution in [0.3, 0.4) is 0 Å². The minimum atomic E-state index is -0.848. The summed E-state index contributed by atoms with van der Waals surface area (Å²) in [5.74, 6) is -0.460. The maximum atomic E-state index is 12.5. The number of rotatable bonds is 6. The van der Waals surface area contributed by atoms with Crippen LogP contribution in [0.4, 0.5) is 10.5 Å². The van der Waals surface area contributed by atoms with Gasteiger partial charge in [0, 0.05) is 26.3 Å². The highest BCUT2D eigenvalue weighted by Crippen LogP contribution is 2.42. The van der Waals surface area contributed by atoms with Crippen LogP contribution in [-0.4, -0.2) is 48.9 Å². The van der Waals surface area contributed by atoms with Crippen LogP contribution in [0.1, 0.15) is 25.3 Å². The van der Waals surface area contributed by atoms with Gasteiger partial charge in [0.15, 0.2) is 0 Å². The van der Waals surface area contributed by atoms with Crippen molar-refractivity contribution in [3.05, 3.63) is 29.8 Å². The van der Waals surface area contributed by atoms with Crippen molar-refractivity contribution >= 4 is 23.5 Å². The van der Waals surface area contributed by atoms with Crippen molar-refractivity contribution in [3.8, 4) is 0 Å². The highest BCUT2D eigenvalue weighted by Gasteiger charge is 2.56. The minimum Gasteiger partial charge on any atom is -0.378 e. The predicted octanol–water partition coefficient (Wildman–Crippen LogP) is 1.09. The first-order chi connectivity index (χ1) is 11.8. The molecule has 2 N–H and O–H groups in total. The van der Waals surface area contributed by atoms with E-state index in [1.54, 1.807) is 6.92 Å². The molecule has 2 aliphatic rings. The molecular weight excluding hydrogens is 320 g/mol. The van der Waals surface area contributed by atoms with Gasteiger partial charge < -0.3 is 15.5 Å². The van der Waals surface area contributed by atoms with Gasteiger partial charge in [0.1, 0.15) is 12.1 Å². The Bertz CT molecular complexity index is 697. The van der Waals surface area contributed by atoms with Gasteiger partial charge in [-0.1, -0.05) is 12.1 Å². The number of anilines is 1. The monoisotopic (exact) mass is 344 g/mol. The Hall–Kier alpha value is -2.57. The highest BCUT2D eigenvalue weighted by atomic mass is 16.2. The van der Waals surface area contributed by atoms with Gasteiger partial charge in [-0.25, -0.2) is 4.79 Å². The number of carbonyl (C=O) groups excluding carboxylic acids is 3. The van der Waals surface area contributed by atoms with Crippen molar-refractivity contribution in [3.63, 3.8) is 0 Å². The van der Waals surface area contributed by atoms with Crippen molar-refractivity contribution in [1.82, 2.24) is 15.5 Å². The summed E-state index contributed by atoms with van der Waals surface area (Å²) < 4.78 is 0. The lowest BCUT2D eigenvalue weighted by Crippen LogP contribution is -2.46. The second kappa shape index (κ2) is 6.38. The van der Waals surface area contributed by atoms with E-state index in [1.807, 2.05) is 43.3 Å². The molecule has 1 aromatic carbocycles. The Kier molecular flexibility index (Phi) is 4.41. The number of benzene rings is 1. The largest absolute Gasteiger partial charge is 0.378 e. The molecule has 1 aliphatic carbocycles. The Morgan fingerprint density at radius 2 is 1.92 bits per heavy atom. The molecule has 3 rings (SSSR count). The Morgan fingerprint density at radius 3 is 2.48 bits per heavy atom. The number of hydrogen-bond donors (Lipinski definition) is 2. The molecule has 0 radical (unpaired) electrons. The number of nitrogens with one attached hydrogen (secondary N) is 2. The van der Waals surface area contributed by atoms with Crippen molar-refractivity contribution in [2.45, 2.75) is 31.8 Å². The van der Waals surface area contributed by atoms with Gasteiger partial charge in [0.25, 0.3) is 5.91 Å². The normalized spacial score (nSPS) is 22.8.